The summed E-state index contributed by atoms with van der Waals surface area (Å²) in [6.07, 6.45) is 1.24. The number of amides is 1. The van der Waals surface area contributed by atoms with Gasteiger partial charge < -0.3 is 15.1 Å². The van der Waals surface area contributed by atoms with Crippen LogP contribution >= 0.6 is 15.9 Å². The number of pyridine rings is 1. The minimum absolute atomic E-state index is 0.126. The average molecular weight is 317 g/mol. The molecule has 0 saturated carbocycles. The molecule has 0 fully saturated rings. The number of nitrogens with zero attached hydrogens (tertiary/aromatic N) is 2. The lowest BCUT2D eigenvalue weighted by molar-refractivity contribution is -0.140. The van der Waals surface area contributed by atoms with E-state index in [1.807, 2.05) is 0 Å². The zero-order valence-electron chi connectivity index (χ0n) is 9.04. The number of carboxylic acid groups (broad SMARTS) is 2. The Hall–Kier alpha value is -1.96. The molecular formula is C10H9BrN2O5. The Morgan fingerprint density at radius 3 is 2.11 bits per heavy atom. The largest absolute Gasteiger partial charge is 0.480 e. The summed E-state index contributed by atoms with van der Waals surface area (Å²) in [5, 5.41) is 17.3. The fourth-order valence-electron chi connectivity index (χ4n) is 1.21. The summed E-state index contributed by atoms with van der Waals surface area (Å²) in [5.74, 6) is -3.26. The number of aliphatic carboxylic acids is 2. The van der Waals surface area contributed by atoms with Crippen LogP contribution in [0.15, 0.2) is 22.9 Å². The predicted octanol–water partition coefficient (Wildman–Crippen LogP) is 0.455. The van der Waals surface area contributed by atoms with Crippen LogP contribution in [0.5, 0.6) is 0 Å². The van der Waals surface area contributed by atoms with Gasteiger partial charge in [-0.05, 0) is 28.1 Å². The van der Waals surface area contributed by atoms with Crippen molar-refractivity contribution in [3.05, 3.63) is 28.5 Å². The Bertz CT molecular complexity index is 458. The molecule has 0 radical (unpaired) electrons. The van der Waals surface area contributed by atoms with Crippen LogP contribution in [0.3, 0.4) is 0 Å². The van der Waals surface area contributed by atoms with Crippen molar-refractivity contribution < 1.29 is 24.6 Å². The second kappa shape index (κ2) is 6.10. The molecule has 0 aromatic carbocycles. The quantitative estimate of drug-likeness (QED) is 0.764. The maximum absolute atomic E-state index is 11.9. The number of carbonyl (C=O) groups is 3. The second-order valence-corrected chi connectivity index (χ2v) is 4.13. The lowest BCUT2D eigenvalue weighted by Gasteiger charge is -2.18. The highest BCUT2D eigenvalue weighted by atomic mass is 79.9. The van der Waals surface area contributed by atoms with Gasteiger partial charge in [-0.3, -0.25) is 14.4 Å². The minimum atomic E-state index is -1.28. The molecular weight excluding hydrogens is 308 g/mol. The number of halogens is 1. The fraction of sp³-hybridized carbons (Fsp3) is 0.200. The van der Waals surface area contributed by atoms with E-state index in [-0.39, 0.29) is 5.56 Å². The number of hydrogen-bond donors (Lipinski definition) is 2. The van der Waals surface area contributed by atoms with Gasteiger partial charge in [0.15, 0.2) is 0 Å². The summed E-state index contributed by atoms with van der Waals surface area (Å²) in [7, 11) is 0. The van der Waals surface area contributed by atoms with Crippen LogP contribution in [0.25, 0.3) is 0 Å². The molecule has 0 atom stereocenters. The Balaban J connectivity index is 2.90. The summed E-state index contributed by atoms with van der Waals surface area (Å²) in [6.45, 7) is -1.36. The van der Waals surface area contributed by atoms with E-state index in [9.17, 15) is 14.4 Å². The Labute approximate surface area is 110 Å². The molecule has 7 nitrogen and oxygen atoms in total. The van der Waals surface area contributed by atoms with Crippen molar-refractivity contribution in [3.63, 3.8) is 0 Å². The van der Waals surface area contributed by atoms with Gasteiger partial charge in [-0.2, -0.15) is 0 Å². The first kappa shape index (κ1) is 14.1. The molecule has 1 aromatic heterocycles. The number of carboxylic acids is 2. The Morgan fingerprint density at radius 2 is 1.72 bits per heavy atom. The van der Waals surface area contributed by atoms with Crippen LogP contribution in [0.1, 0.15) is 10.4 Å². The highest BCUT2D eigenvalue weighted by Gasteiger charge is 2.21. The molecule has 1 aromatic rings. The van der Waals surface area contributed by atoms with Crippen LogP contribution in [0, 0.1) is 0 Å². The van der Waals surface area contributed by atoms with E-state index in [2.05, 4.69) is 20.9 Å². The van der Waals surface area contributed by atoms with Crippen molar-refractivity contribution >= 4 is 33.8 Å². The Kier molecular flexibility index (Phi) is 4.78. The third kappa shape index (κ3) is 4.13. The smallest absolute Gasteiger partial charge is 0.323 e. The molecule has 1 heterocycles. The molecule has 0 aliphatic heterocycles. The van der Waals surface area contributed by atoms with Gasteiger partial charge in [-0.25, -0.2) is 4.98 Å². The Morgan fingerprint density at radius 1 is 1.17 bits per heavy atom. The van der Waals surface area contributed by atoms with Crippen LogP contribution in [-0.4, -0.2) is 51.0 Å². The number of aromatic nitrogens is 1. The summed E-state index contributed by atoms with van der Waals surface area (Å²) in [5.41, 5.74) is 0.126. The fourth-order valence-corrected chi connectivity index (χ4v) is 1.45. The van der Waals surface area contributed by atoms with Gasteiger partial charge in [0.25, 0.3) is 5.91 Å². The summed E-state index contributed by atoms with van der Waals surface area (Å²) >= 11 is 3.09. The normalized spacial score (nSPS) is 9.83. The van der Waals surface area contributed by atoms with Crippen LogP contribution < -0.4 is 0 Å². The zero-order chi connectivity index (χ0) is 13.7. The van der Waals surface area contributed by atoms with E-state index >= 15 is 0 Å². The molecule has 0 bridgehead atoms. The van der Waals surface area contributed by atoms with Gasteiger partial charge in [0.1, 0.15) is 17.7 Å². The third-order valence-electron chi connectivity index (χ3n) is 1.91. The first-order chi connectivity index (χ1) is 8.40. The molecule has 0 aliphatic carbocycles. The minimum Gasteiger partial charge on any atom is -0.480 e. The molecule has 1 amide bonds. The first-order valence-electron chi connectivity index (χ1n) is 4.74. The zero-order valence-corrected chi connectivity index (χ0v) is 10.6. The second-order valence-electron chi connectivity index (χ2n) is 3.32. The van der Waals surface area contributed by atoms with Crippen LogP contribution in [0.4, 0.5) is 0 Å². The summed E-state index contributed by atoms with van der Waals surface area (Å²) in [4.78, 5) is 37.5. The summed E-state index contributed by atoms with van der Waals surface area (Å²) in [6, 6.07) is 2.93. The van der Waals surface area contributed by atoms with Crippen molar-refractivity contribution in [1.29, 1.82) is 0 Å². The maximum atomic E-state index is 11.9. The van der Waals surface area contributed by atoms with Gasteiger partial charge in [-0.15, -0.1) is 0 Å². The first-order valence-corrected chi connectivity index (χ1v) is 5.54. The molecule has 18 heavy (non-hydrogen) atoms. The highest BCUT2D eigenvalue weighted by molar-refractivity contribution is 9.10. The average Bonchev–Trinajstić information content (AvgIpc) is 2.27. The summed E-state index contributed by atoms with van der Waals surface area (Å²) < 4.78 is 0.516. The van der Waals surface area contributed by atoms with Crippen LogP contribution in [0.2, 0.25) is 0 Å². The number of hydrogen-bond acceptors (Lipinski definition) is 4. The highest BCUT2D eigenvalue weighted by Crippen LogP contribution is 2.09. The van der Waals surface area contributed by atoms with Crippen molar-refractivity contribution in [1.82, 2.24) is 9.88 Å². The van der Waals surface area contributed by atoms with Gasteiger partial charge in [-0.1, -0.05) is 0 Å². The number of rotatable bonds is 5. The van der Waals surface area contributed by atoms with Gasteiger partial charge >= 0.3 is 11.9 Å². The molecule has 0 unspecified atom stereocenters. The number of carbonyl (C=O) groups excluding carboxylic acids is 1. The third-order valence-corrected chi connectivity index (χ3v) is 2.38. The molecule has 96 valence electrons. The predicted molar refractivity (Wildman–Crippen MR) is 63.1 cm³/mol. The maximum Gasteiger partial charge on any atom is 0.323 e. The SMILES string of the molecule is O=C(O)CN(CC(=O)O)C(=O)c1ccc(Br)nc1. The van der Waals surface area contributed by atoms with E-state index < -0.39 is 30.9 Å². The van der Waals surface area contributed by atoms with Crippen molar-refractivity contribution in [2.75, 3.05) is 13.1 Å². The van der Waals surface area contributed by atoms with Gasteiger partial charge in [0.2, 0.25) is 0 Å². The topological polar surface area (TPSA) is 108 Å². The monoisotopic (exact) mass is 316 g/mol. The van der Waals surface area contributed by atoms with E-state index in [4.69, 9.17) is 10.2 Å². The van der Waals surface area contributed by atoms with E-state index in [0.29, 0.717) is 4.60 Å². The van der Waals surface area contributed by atoms with Crippen molar-refractivity contribution in [3.8, 4) is 0 Å². The van der Waals surface area contributed by atoms with Crippen molar-refractivity contribution in [2.24, 2.45) is 0 Å². The molecule has 0 saturated heterocycles. The van der Waals surface area contributed by atoms with Gasteiger partial charge in [0.05, 0.1) is 5.56 Å². The van der Waals surface area contributed by atoms with E-state index in [0.717, 1.165) is 4.90 Å². The standard InChI is InChI=1S/C10H9BrN2O5/c11-7-2-1-6(3-12-7)10(18)13(4-8(14)15)5-9(16)17/h1-3H,4-5H2,(H,14,15)(H,16,17). The molecule has 1 rings (SSSR count). The van der Waals surface area contributed by atoms with Gasteiger partial charge in [0, 0.05) is 6.20 Å². The molecule has 2 N–H and O–H groups in total. The molecule has 0 aliphatic rings. The van der Waals surface area contributed by atoms with E-state index in [1.165, 1.54) is 18.3 Å². The van der Waals surface area contributed by atoms with Crippen molar-refractivity contribution in [2.45, 2.75) is 0 Å². The van der Waals surface area contributed by atoms with E-state index in [1.54, 1.807) is 0 Å². The molecule has 0 spiro atoms. The lowest BCUT2D eigenvalue weighted by Crippen LogP contribution is -2.39. The lowest BCUT2D eigenvalue weighted by atomic mass is 10.2. The van der Waals surface area contributed by atoms with Crippen LogP contribution in [-0.2, 0) is 9.59 Å². The molecule has 8 heteroatoms.